The summed E-state index contributed by atoms with van der Waals surface area (Å²) >= 11 is -9.19. The number of fused-ring (bicyclic) bond motifs is 2. The molecule has 0 saturated carbocycles. The maximum absolute atomic E-state index is 11.5. The quantitative estimate of drug-likeness (QED) is 0.0605. The summed E-state index contributed by atoms with van der Waals surface area (Å²) in [7, 11) is 0. The molecule has 2 heterocycles. The van der Waals surface area contributed by atoms with E-state index in [1.807, 2.05) is 6.07 Å². The van der Waals surface area contributed by atoms with Crippen LogP contribution in [-0.2, 0) is 12.0 Å². The third-order valence-corrected chi connectivity index (χ3v) is 7.30. The normalized spacial score (nSPS) is 15.9. The van der Waals surface area contributed by atoms with Crippen molar-refractivity contribution in [3.05, 3.63) is 93.8 Å². The number of aryl methyl sites for hydroxylation is 1. The fraction of sp³-hybridized carbons (Fsp3) is 0.387. The Hall–Kier alpha value is -3.07. The van der Waals surface area contributed by atoms with Crippen LogP contribution in [-0.4, -0.2) is 31.8 Å². The Kier molecular flexibility index (Phi) is 12.3. The van der Waals surface area contributed by atoms with Crippen molar-refractivity contribution >= 4 is 48.7 Å². The molecule has 12 heteroatoms. The first-order valence-corrected chi connectivity index (χ1v) is 18.9. The Morgan fingerprint density at radius 1 is 0.953 bits per heavy atom. The summed E-state index contributed by atoms with van der Waals surface area (Å²) in [4.78, 5) is 13.5. The first-order valence-electron chi connectivity index (χ1n) is 14.1. The van der Waals surface area contributed by atoms with Gasteiger partial charge in [-0.2, -0.15) is 4.57 Å². The number of non-ortho nitro benzene ring substituents is 1. The molecule has 4 rings (SSSR count). The molecule has 236 valence electrons. The number of nitro groups is 1. The average Bonchev–Trinajstić information content (AvgIpc) is 3.12. The second kappa shape index (κ2) is 14.6. The molecule has 0 bridgehead atoms. The monoisotopic (exact) mass is 719 g/mol. The van der Waals surface area contributed by atoms with Gasteiger partial charge in [-0.15, -0.1) is 0 Å². The van der Waals surface area contributed by atoms with Crippen LogP contribution in [0.3, 0.4) is 0 Å². The second-order valence-electron chi connectivity index (χ2n) is 10.8. The van der Waals surface area contributed by atoms with Crippen LogP contribution in [0.25, 0.3) is 17.0 Å². The SMILES string of the molecule is CCCCCN1/C(=C/C=C/c2ccc3ccccc3[n+]2CCCC)C(C)(C)c2cc([N+](=O)[O-])ccc21.[F-].[F][Sb]([F])([F])([F])[F]. The molecule has 0 saturated heterocycles. The number of benzene rings is 2. The van der Waals surface area contributed by atoms with Crippen LogP contribution in [0.15, 0.2) is 72.4 Å². The molecule has 0 aliphatic carbocycles. The van der Waals surface area contributed by atoms with Gasteiger partial charge in [0.2, 0.25) is 11.2 Å². The van der Waals surface area contributed by atoms with Gasteiger partial charge in [-0.05, 0) is 36.3 Å². The molecule has 0 radical (unpaired) electrons. The number of aromatic nitrogens is 1. The minimum atomic E-state index is -9.19. The topological polar surface area (TPSA) is 50.3 Å². The Morgan fingerprint density at radius 3 is 2.23 bits per heavy atom. The van der Waals surface area contributed by atoms with E-state index in [1.54, 1.807) is 12.1 Å². The van der Waals surface area contributed by atoms with Crippen molar-refractivity contribution in [3.8, 4) is 0 Å². The number of hydrogen-bond donors (Lipinski definition) is 0. The third kappa shape index (κ3) is 9.98. The summed E-state index contributed by atoms with van der Waals surface area (Å²) in [6.45, 7) is 10.7. The summed E-state index contributed by atoms with van der Waals surface area (Å²) in [5.41, 5.74) is 5.57. The van der Waals surface area contributed by atoms with Gasteiger partial charge in [0.05, 0.1) is 4.92 Å². The molecule has 0 atom stereocenters. The standard InChI is InChI=1S/C31H38N3O2.6FH.Sb/c1-5-7-11-22-33-29-20-19-26(34(35)36)23-27(29)31(3,4)30(33)16-12-14-25-18-17-24-13-9-10-15-28(24)32(25)21-8-6-2;;;;;;;/h9-10,12-20,23H,5-8,11,21-22H2,1-4H3;6*1H;/q+1;;;;;;;+5/p-6. The van der Waals surface area contributed by atoms with Gasteiger partial charge in [0.25, 0.3) is 5.69 Å². The van der Waals surface area contributed by atoms with Crippen molar-refractivity contribution in [3.63, 3.8) is 0 Å². The number of pyridine rings is 1. The molecule has 5 nitrogen and oxygen atoms in total. The molecule has 2 aromatic carbocycles. The van der Waals surface area contributed by atoms with Crippen molar-refractivity contribution in [1.29, 1.82) is 0 Å². The number of allylic oxidation sites excluding steroid dienone is 3. The molecule has 1 aliphatic rings. The molecular weight excluding hydrogens is 682 g/mol. The molecule has 1 aromatic heterocycles. The van der Waals surface area contributed by atoms with E-state index in [9.17, 15) is 24.2 Å². The zero-order valence-electron chi connectivity index (χ0n) is 24.8. The van der Waals surface area contributed by atoms with E-state index >= 15 is 0 Å². The van der Waals surface area contributed by atoms with E-state index in [2.05, 4.69) is 91.8 Å². The summed E-state index contributed by atoms with van der Waals surface area (Å²) in [6.07, 6.45) is 12.2. The third-order valence-electron chi connectivity index (χ3n) is 7.30. The van der Waals surface area contributed by atoms with Crippen LogP contribution in [0, 0.1) is 10.1 Å². The van der Waals surface area contributed by atoms with Gasteiger partial charge >= 0.3 is 34.4 Å². The van der Waals surface area contributed by atoms with E-state index in [-0.39, 0.29) is 20.7 Å². The van der Waals surface area contributed by atoms with E-state index < -0.39 is 20.3 Å². The summed E-state index contributed by atoms with van der Waals surface area (Å²) in [5, 5.41) is 12.7. The number of unbranched alkanes of at least 4 members (excludes halogenated alkanes) is 3. The maximum atomic E-state index is 11.5. The van der Waals surface area contributed by atoms with E-state index in [0.717, 1.165) is 56.4 Å². The summed E-state index contributed by atoms with van der Waals surface area (Å²) in [5.74, 6) is 0. The van der Waals surface area contributed by atoms with E-state index in [1.165, 1.54) is 22.3 Å². The van der Waals surface area contributed by atoms with Crippen LogP contribution in [0.1, 0.15) is 71.1 Å². The first-order chi connectivity index (χ1) is 19.6. The van der Waals surface area contributed by atoms with Gasteiger partial charge in [-0.3, -0.25) is 10.1 Å². The van der Waals surface area contributed by atoms with Crippen molar-refractivity contribution < 1.29 is 28.3 Å². The molecule has 0 N–H and O–H groups in total. The molecule has 0 amide bonds. The van der Waals surface area contributed by atoms with Crippen molar-refractivity contribution in [1.82, 2.24) is 0 Å². The predicted octanol–water partition coefficient (Wildman–Crippen LogP) is 6.44. The molecule has 1 aliphatic heterocycles. The Bertz CT molecular complexity index is 1470. The van der Waals surface area contributed by atoms with Gasteiger partial charge in [-0.25, -0.2) is 0 Å². The van der Waals surface area contributed by atoms with Crippen LogP contribution < -0.4 is 14.2 Å². The molecule has 0 unspecified atom stereocenters. The Morgan fingerprint density at radius 2 is 1.60 bits per heavy atom. The average molecular weight is 720 g/mol. The molecule has 0 fully saturated rings. The molecular formula is C31H38F6N3O2Sb. The number of rotatable bonds is 10. The second-order valence-corrected chi connectivity index (χ2v) is 14.5. The van der Waals surface area contributed by atoms with Gasteiger partial charge in [0.1, 0.15) is 6.54 Å². The van der Waals surface area contributed by atoms with Gasteiger partial charge in [0, 0.05) is 65.5 Å². The number of para-hydroxylation sites is 1. The van der Waals surface area contributed by atoms with Crippen molar-refractivity contribution in [2.24, 2.45) is 0 Å². The molecule has 3 aromatic rings. The predicted molar refractivity (Wildman–Crippen MR) is 160 cm³/mol. The van der Waals surface area contributed by atoms with Crippen LogP contribution in [0.2, 0.25) is 0 Å². The Labute approximate surface area is 253 Å². The number of hydrogen-bond acceptors (Lipinski definition) is 3. The van der Waals surface area contributed by atoms with Crippen molar-refractivity contribution in [2.45, 2.75) is 71.8 Å². The van der Waals surface area contributed by atoms with Gasteiger partial charge in [0.15, 0.2) is 0 Å². The first kappa shape index (κ1) is 36.1. The van der Waals surface area contributed by atoms with Crippen LogP contribution >= 0.6 is 0 Å². The van der Waals surface area contributed by atoms with E-state index in [0.29, 0.717) is 0 Å². The zero-order chi connectivity index (χ0) is 31.2. The Balaban J connectivity index is 0.000000837. The van der Waals surface area contributed by atoms with Crippen LogP contribution in [0.5, 0.6) is 0 Å². The molecule has 43 heavy (non-hydrogen) atoms. The van der Waals surface area contributed by atoms with Crippen LogP contribution in [0.4, 0.5) is 25.4 Å². The fourth-order valence-corrected chi connectivity index (χ4v) is 5.27. The van der Waals surface area contributed by atoms with Gasteiger partial charge < -0.3 is 9.60 Å². The number of nitro benzene ring substituents is 1. The minimum absolute atomic E-state index is 0. The molecule has 0 spiro atoms. The van der Waals surface area contributed by atoms with Gasteiger partial charge in [-0.1, -0.05) is 65.2 Å². The number of anilines is 1. The summed E-state index contributed by atoms with van der Waals surface area (Å²) in [6, 6.07) is 18.3. The van der Waals surface area contributed by atoms with E-state index in [4.69, 9.17) is 0 Å². The number of nitrogens with zero attached hydrogens (tertiary/aromatic N) is 3. The van der Waals surface area contributed by atoms with Crippen molar-refractivity contribution in [2.75, 3.05) is 11.4 Å². The fourth-order valence-electron chi connectivity index (χ4n) is 5.27. The zero-order valence-corrected chi connectivity index (χ0v) is 27.3. The summed E-state index contributed by atoms with van der Waals surface area (Å²) < 4.78 is 52.0. The number of halogens is 6.